The fourth-order valence-electron chi connectivity index (χ4n) is 1.92. The second kappa shape index (κ2) is 7.23. The van der Waals surface area contributed by atoms with Crippen LogP contribution < -0.4 is 0 Å². The number of ether oxygens (including phenoxy) is 1. The molecule has 1 rings (SSSR count). The van der Waals surface area contributed by atoms with Gasteiger partial charge in [-0.05, 0) is 18.8 Å². The summed E-state index contributed by atoms with van der Waals surface area (Å²) in [6.07, 6.45) is 6.14. The van der Waals surface area contributed by atoms with Gasteiger partial charge in [0, 0.05) is 32.7 Å². The molecular formula is C13H21NO2. The minimum Gasteiger partial charge on any atom is -0.381 e. The van der Waals surface area contributed by atoms with Crippen LogP contribution in [-0.4, -0.2) is 37.1 Å². The van der Waals surface area contributed by atoms with Crippen molar-refractivity contribution in [3.05, 3.63) is 25.3 Å². The van der Waals surface area contributed by atoms with Crippen molar-refractivity contribution >= 4 is 5.91 Å². The summed E-state index contributed by atoms with van der Waals surface area (Å²) in [5.74, 6) is 0.685. The number of carbonyl (C=O) groups excluding carboxylic acids is 1. The van der Waals surface area contributed by atoms with Gasteiger partial charge in [-0.3, -0.25) is 4.79 Å². The van der Waals surface area contributed by atoms with E-state index in [9.17, 15) is 4.79 Å². The maximum Gasteiger partial charge on any atom is 0.223 e. The molecule has 1 amide bonds. The van der Waals surface area contributed by atoms with Crippen LogP contribution in [0.3, 0.4) is 0 Å². The highest BCUT2D eigenvalue weighted by molar-refractivity contribution is 5.76. The summed E-state index contributed by atoms with van der Waals surface area (Å²) in [6.45, 7) is 10.1. The average Bonchev–Trinajstić information content (AvgIpc) is 2.30. The fourth-order valence-corrected chi connectivity index (χ4v) is 1.92. The van der Waals surface area contributed by atoms with Crippen LogP contribution >= 0.6 is 0 Å². The van der Waals surface area contributed by atoms with Crippen molar-refractivity contribution in [2.24, 2.45) is 5.92 Å². The first-order chi connectivity index (χ1) is 7.77. The highest BCUT2D eigenvalue weighted by Gasteiger charge is 2.20. The van der Waals surface area contributed by atoms with Crippen molar-refractivity contribution in [3.8, 4) is 0 Å². The summed E-state index contributed by atoms with van der Waals surface area (Å²) in [6, 6.07) is 0. The van der Waals surface area contributed by atoms with Gasteiger partial charge in [-0.1, -0.05) is 12.2 Å². The van der Waals surface area contributed by atoms with Crippen LogP contribution in [0.25, 0.3) is 0 Å². The highest BCUT2D eigenvalue weighted by Crippen LogP contribution is 2.19. The summed E-state index contributed by atoms with van der Waals surface area (Å²) in [7, 11) is 0. The first-order valence-corrected chi connectivity index (χ1v) is 5.85. The van der Waals surface area contributed by atoms with E-state index < -0.39 is 0 Å². The van der Waals surface area contributed by atoms with Gasteiger partial charge in [-0.2, -0.15) is 0 Å². The number of nitrogens with zero attached hydrogens (tertiary/aromatic N) is 1. The third kappa shape index (κ3) is 4.19. The van der Waals surface area contributed by atoms with E-state index in [1.165, 1.54) is 0 Å². The summed E-state index contributed by atoms with van der Waals surface area (Å²) in [5.41, 5.74) is 0. The molecular weight excluding hydrogens is 202 g/mol. The predicted molar refractivity (Wildman–Crippen MR) is 65.1 cm³/mol. The van der Waals surface area contributed by atoms with Crippen LogP contribution in [0.15, 0.2) is 25.3 Å². The van der Waals surface area contributed by atoms with Crippen molar-refractivity contribution in [2.75, 3.05) is 26.3 Å². The molecule has 0 aliphatic carbocycles. The van der Waals surface area contributed by atoms with Gasteiger partial charge in [0.05, 0.1) is 0 Å². The van der Waals surface area contributed by atoms with Crippen LogP contribution in [0, 0.1) is 5.92 Å². The Balaban J connectivity index is 2.39. The first kappa shape index (κ1) is 13.0. The molecule has 0 bridgehead atoms. The van der Waals surface area contributed by atoms with Crippen molar-refractivity contribution in [1.29, 1.82) is 0 Å². The molecule has 0 radical (unpaired) electrons. The molecule has 0 spiro atoms. The summed E-state index contributed by atoms with van der Waals surface area (Å²) >= 11 is 0. The number of hydrogen-bond acceptors (Lipinski definition) is 2. The van der Waals surface area contributed by atoms with E-state index in [0.717, 1.165) is 26.1 Å². The molecule has 1 aliphatic rings. The van der Waals surface area contributed by atoms with Gasteiger partial charge >= 0.3 is 0 Å². The van der Waals surface area contributed by atoms with E-state index >= 15 is 0 Å². The summed E-state index contributed by atoms with van der Waals surface area (Å²) in [5, 5.41) is 0. The van der Waals surface area contributed by atoms with E-state index in [1.54, 1.807) is 17.1 Å². The van der Waals surface area contributed by atoms with Gasteiger partial charge in [0.2, 0.25) is 5.91 Å². The standard InChI is InChI=1S/C13H21NO2/c1-3-7-14(8-4-2)13(15)11-12-5-9-16-10-6-12/h3-4,12H,1-2,5-11H2. The van der Waals surface area contributed by atoms with Crippen molar-refractivity contribution in [1.82, 2.24) is 4.90 Å². The number of hydrogen-bond donors (Lipinski definition) is 0. The summed E-state index contributed by atoms with van der Waals surface area (Å²) in [4.78, 5) is 13.8. The first-order valence-electron chi connectivity index (χ1n) is 5.85. The van der Waals surface area contributed by atoms with E-state index in [-0.39, 0.29) is 5.91 Å². The zero-order chi connectivity index (χ0) is 11.8. The van der Waals surface area contributed by atoms with Crippen LogP contribution in [0.5, 0.6) is 0 Å². The minimum absolute atomic E-state index is 0.201. The summed E-state index contributed by atoms with van der Waals surface area (Å²) < 4.78 is 5.28. The fraction of sp³-hybridized carbons (Fsp3) is 0.615. The molecule has 90 valence electrons. The van der Waals surface area contributed by atoms with Gasteiger partial charge in [0.1, 0.15) is 0 Å². The molecule has 1 fully saturated rings. The molecule has 0 aromatic heterocycles. The van der Waals surface area contributed by atoms with E-state index in [1.807, 2.05) is 0 Å². The van der Waals surface area contributed by atoms with E-state index in [2.05, 4.69) is 13.2 Å². The van der Waals surface area contributed by atoms with Crippen LogP contribution in [0.1, 0.15) is 19.3 Å². The Morgan fingerprint density at radius 1 is 1.25 bits per heavy atom. The lowest BCUT2D eigenvalue weighted by Gasteiger charge is -2.25. The van der Waals surface area contributed by atoms with Gasteiger partial charge in [-0.25, -0.2) is 0 Å². The zero-order valence-corrected chi connectivity index (χ0v) is 9.86. The molecule has 0 N–H and O–H groups in total. The average molecular weight is 223 g/mol. The third-order valence-corrected chi connectivity index (χ3v) is 2.86. The molecule has 0 unspecified atom stereocenters. The Bertz CT molecular complexity index is 234. The van der Waals surface area contributed by atoms with Gasteiger partial charge in [0.25, 0.3) is 0 Å². The third-order valence-electron chi connectivity index (χ3n) is 2.86. The molecule has 1 aliphatic heterocycles. The molecule has 1 heterocycles. The Morgan fingerprint density at radius 3 is 2.31 bits per heavy atom. The molecule has 0 saturated carbocycles. The van der Waals surface area contributed by atoms with Crippen LogP contribution in [0.2, 0.25) is 0 Å². The van der Waals surface area contributed by atoms with Crippen LogP contribution in [0.4, 0.5) is 0 Å². The smallest absolute Gasteiger partial charge is 0.223 e. The maximum atomic E-state index is 12.0. The normalized spacial score (nSPS) is 16.8. The van der Waals surface area contributed by atoms with Gasteiger partial charge < -0.3 is 9.64 Å². The molecule has 16 heavy (non-hydrogen) atoms. The Kier molecular flexibility index (Phi) is 5.86. The molecule has 3 nitrogen and oxygen atoms in total. The Labute approximate surface area is 97.8 Å². The lowest BCUT2D eigenvalue weighted by molar-refractivity contribution is -0.131. The SMILES string of the molecule is C=CCN(CC=C)C(=O)CC1CCOCC1. The number of amides is 1. The molecule has 0 aromatic carbocycles. The van der Waals surface area contributed by atoms with E-state index in [0.29, 0.717) is 25.4 Å². The highest BCUT2D eigenvalue weighted by atomic mass is 16.5. The largest absolute Gasteiger partial charge is 0.381 e. The Morgan fingerprint density at radius 2 is 1.81 bits per heavy atom. The monoisotopic (exact) mass is 223 g/mol. The molecule has 1 saturated heterocycles. The molecule has 0 aromatic rings. The second-order valence-electron chi connectivity index (χ2n) is 4.14. The minimum atomic E-state index is 0.201. The van der Waals surface area contributed by atoms with Crippen molar-refractivity contribution in [3.63, 3.8) is 0 Å². The van der Waals surface area contributed by atoms with Gasteiger partial charge in [0.15, 0.2) is 0 Å². The van der Waals surface area contributed by atoms with Crippen molar-refractivity contribution in [2.45, 2.75) is 19.3 Å². The topological polar surface area (TPSA) is 29.5 Å². The Hall–Kier alpha value is -1.09. The number of rotatable bonds is 6. The van der Waals surface area contributed by atoms with Crippen LogP contribution in [-0.2, 0) is 9.53 Å². The predicted octanol–water partition coefficient (Wildman–Crippen LogP) is 2.00. The van der Waals surface area contributed by atoms with Gasteiger partial charge in [-0.15, -0.1) is 13.2 Å². The van der Waals surface area contributed by atoms with Crippen molar-refractivity contribution < 1.29 is 9.53 Å². The van der Waals surface area contributed by atoms with E-state index in [4.69, 9.17) is 4.74 Å². The second-order valence-corrected chi connectivity index (χ2v) is 4.14. The zero-order valence-electron chi connectivity index (χ0n) is 9.86. The quantitative estimate of drug-likeness (QED) is 0.645. The lowest BCUT2D eigenvalue weighted by Crippen LogP contribution is -2.33. The molecule has 3 heteroatoms. The molecule has 0 atom stereocenters. The lowest BCUT2D eigenvalue weighted by atomic mass is 9.96. The number of carbonyl (C=O) groups is 1. The maximum absolute atomic E-state index is 12.0.